The average Bonchev–Trinajstić information content (AvgIpc) is 3.25. The summed E-state index contributed by atoms with van der Waals surface area (Å²) in [6.45, 7) is 2.08. The third kappa shape index (κ3) is 3.93. The van der Waals surface area contributed by atoms with Gasteiger partial charge in [-0.05, 0) is 19.1 Å². The Labute approximate surface area is 146 Å². The second kappa shape index (κ2) is 7.03. The summed E-state index contributed by atoms with van der Waals surface area (Å²) >= 11 is 0. The van der Waals surface area contributed by atoms with E-state index in [4.69, 9.17) is 9.15 Å². The molecule has 2 heterocycles. The molecule has 0 saturated heterocycles. The first-order chi connectivity index (χ1) is 12.4. The molecule has 0 fully saturated rings. The van der Waals surface area contributed by atoms with Crippen molar-refractivity contribution >= 4 is 5.97 Å². The summed E-state index contributed by atoms with van der Waals surface area (Å²) < 4.78 is 50.2. The molecule has 0 amide bonds. The van der Waals surface area contributed by atoms with Gasteiger partial charge in [-0.2, -0.15) is 18.3 Å². The molecule has 0 unspecified atom stereocenters. The van der Waals surface area contributed by atoms with Gasteiger partial charge < -0.3 is 9.15 Å². The summed E-state index contributed by atoms with van der Waals surface area (Å²) in [5.41, 5.74) is -0.207. The Morgan fingerprint density at radius 1 is 1.31 bits per heavy atom. The SMILES string of the molecule is CCOC(=O)c1cnn(Cc2ncc(-c3cccc(C(F)(F)F)c3)o2)c1. The lowest BCUT2D eigenvalue weighted by Crippen LogP contribution is -2.04. The lowest BCUT2D eigenvalue weighted by molar-refractivity contribution is -0.137. The number of carbonyl (C=O) groups excluding carboxylic acids is 1. The van der Waals surface area contributed by atoms with Crippen LogP contribution in [0.3, 0.4) is 0 Å². The van der Waals surface area contributed by atoms with E-state index in [9.17, 15) is 18.0 Å². The molecule has 0 spiro atoms. The molecule has 3 rings (SSSR count). The summed E-state index contributed by atoms with van der Waals surface area (Å²) in [7, 11) is 0. The number of alkyl halides is 3. The van der Waals surface area contributed by atoms with Crippen molar-refractivity contribution in [3.05, 3.63) is 59.9 Å². The van der Waals surface area contributed by atoms with Gasteiger partial charge in [0.05, 0.1) is 30.1 Å². The molecule has 0 aliphatic rings. The summed E-state index contributed by atoms with van der Waals surface area (Å²) in [4.78, 5) is 15.7. The van der Waals surface area contributed by atoms with Crippen molar-refractivity contribution in [2.45, 2.75) is 19.6 Å². The zero-order chi connectivity index (χ0) is 18.7. The molecule has 0 aliphatic heterocycles. The number of ether oxygens (including phenoxy) is 1. The third-order valence-electron chi connectivity index (χ3n) is 3.47. The summed E-state index contributed by atoms with van der Waals surface area (Å²) in [6.07, 6.45) is -0.251. The summed E-state index contributed by atoms with van der Waals surface area (Å²) in [6, 6.07) is 4.80. The van der Waals surface area contributed by atoms with Gasteiger partial charge in [0.15, 0.2) is 5.76 Å². The molecule has 9 heteroatoms. The monoisotopic (exact) mass is 365 g/mol. The minimum atomic E-state index is -4.43. The number of aromatic nitrogens is 3. The molecule has 0 saturated carbocycles. The smallest absolute Gasteiger partial charge is 0.416 e. The van der Waals surface area contributed by atoms with Gasteiger partial charge in [0, 0.05) is 11.8 Å². The number of hydrogen-bond donors (Lipinski definition) is 0. The largest absolute Gasteiger partial charge is 0.462 e. The Hall–Kier alpha value is -3.10. The van der Waals surface area contributed by atoms with E-state index in [-0.39, 0.29) is 35.9 Å². The molecular weight excluding hydrogens is 351 g/mol. The number of rotatable bonds is 5. The van der Waals surface area contributed by atoms with Gasteiger partial charge >= 0.3 is 12.1 Å². The Kier molecular flexibility index (Phi) is 4.79. The topological polar surface area (TPSA) is 70.2 Å². The highest BCUT2D eigenvalue weighted by Crippen LogP contribution is 2.32. The molecule has 0 atom stereocenters. The average molecular weight is 365 g/mol. The van der Waals surface area contributed by atoms with Gasteiger partial charge in [0.2, 0.25) is 5.89 Å². The van der Waals surface area contributed by atoms with Crippen molar-refractivity contribution in [1.82, 2.24) is 14.8 Å². The van der Waals surface area contributed by atoms with Crippen LogP contribution < -0.4 is 0 Å². The van der Waals surface area contributed by atoms with Crippen LogP contribution in [0.5, 0.6) is 0 Å². The van der Waals surface area contributed by atoms with Gasteiger partial charge in [-0.15, -0.1) is 0 Å². The Balaban J connectivity index is 1.76. The predicted molar refractivity (Wildman–Crippen MR) is 84.2 cm³/mol. The number of oxazole rings is 1. The first-order valence-electron chi connectivity index (χ1n) is 7.68. The van der Waals surface area contributed by atoms with Gasteiger partial charge in [-0.3, -0.25) is 4.68 Å². The number of hydrogen-bond acceptors (Lipinski definition) is 5. The molecule has 0 aliphatic carbocycles. The molecule has 136 valence electrons. The molecule has 26 heavy (non-hydrogen) atoms. The standard InChI is InChI=1S/C17H14F3N3O3/c1-2-25-16(24)12-7-22-23(9-12)10-15-21-8-14(26-15)11-4-3-5-13(6-11)17(18,19)20/h3-9H,2,10H2,1H3. The maximum absolute atomic E-state index is 12.8. The zero-order valence-electron chi connectivity index (χ0n) is 13.7. The number of nitrogens with zero attached hydrogens (tertiary/aromatic N) is 3. The van der Waals surface area contributed by atoms with Gasteiger partial charge in [-0.25, -0.2) is 9.78 Å². The minimum Gasteiger partial charge on any atom is -0.462 e. The molecule has 0 bridgehead atoms. The lowest BCUT2D eigenvalue weighted by atomic mass is 10.1. The predicted octanol–water partition coefficient (Wildman–Crippen LogP) is 3.78. The van der Waals surface area contributed by atoms with Crippen LogP contribution in [0.1, 0.15) is 28.7 Å². The number of esters is 1. The molecule has 0 N–H and O–H groups in total. The lowest BCUT2D eigenvalue weighted by Gasteiger charge is -2.07. The van der Waals surface area contributed by atoms with E-state index in [1.165, 1.54) is 35.4 Å². The Bertz CT molecular complexity index is 915. The second-order valence-corrected chi connectivity index (χ2v) is 5.34. The van der Waals surface area contributed by atoms with Crippen LogP contribution in [0.25, 0.3) is 11.3 Å². The van der Waals surface area contributed by atoms with Gasteiger partial charge in [-0.1, -0.05) is 12.1 Å². The Morgan fingerprint density at radius 3 is 2.85 bits per heavy atom. The highest BCUT2D eigenvalue weighted by Gasteiger charge is 2.30. The fraction of sp³-hybridized carbons (Fsp3) is 0.235. The van der Waals surface area contributed by atoms with Crippen LogP contribution in [-0.2, 0) is 17.5 Å². The van der Waals surface area contributed by atoms with Crippen molar-refractivity contribution in [3.63, 3.8) is 0 Å². The quantitative estimate of drug-likeness (QED) is 0.644. The second-order valence-electron chi connectivity index (χ2n) is 5.34. The van der Waals surface area contributed by atoms with E-state index in [1.807, 2.05) is 0 Å². The van der Waals surface area contributed by atoms with Crippen molar-refractivity contribution in [2.24, 2.45) is 0 Å². The van der Waals surface area contributed by atoms with Gasteiger partial charge in [0.25, 0.3) is 0 Å². The highest BCUT2D eigenvalue weighted by atomic mass is 19.4. The summed E-state index contributed by atoms with van der Waals surface area (Å²) in [5.74, 6) is -0.0319. The van der Waals surface area contributed by atoms with Gasteiger partial charge in [0.1, 0.15) is 6.54 Å². The molecular formula is C17H14F3N3O3. The van der Waals surface area contributed by atoms with E-state index in [2.05, 4.69) is 10.1 Å². The van der Waals surface area contributed by atoms with Crippen LogP contribution >= 0.6 is 0 Å². The van der Waals surface area contributed by atoms with Crippen LogP contribution in [0.15, 0.2) is 47.3 Å². The number of benzene rings is 1. The Morgan fingerprint density at radius 2 is 2.12 bits per heavy atom. The van der Waals surface area contributed by atoms with Crippen molar-refractivity contribution in [2.75, 3.05) is 6.61 Å². The van der Waals surface area contributed by atoms with Crippen LogP contribution in [0.2, 0.25) is 0 Å². The van der Waals surface area contributed by atoms with E-state index >= 15 is 0 Å². The van der Waals surface area contributed by atoms with E-state index < -0.39 is 17.7 Å². The first kappa shape index (κ1) is 17.7. The number of halogens is 3. The van der Waals surface area contributed by atoms with Crippen molar-refractivity contribution in [1.29, 1.82) is 0 Å². The summed E-state index contributed by atoms with van der Waals surface area (Å²) in [5, 5.41) is 4.01. The molecule has 2 aromatic heterocycles. The first-order valence-corrected chi connectivity index (χ1v) is 7.68. The van der Waals surface area contributed by atoms with Crippen LogP contribution in [0.4, 0.5) is 13.2 Å². The molecule has 1 aromatic carbocycles. The third-order valence-corrected chi connectivity index (χ3v) is 3.47. The molecule has 0 radical (unpaired) electrons. The normalized spacial score (nSPS) is 11.5. The fourth-order valence-corrected chi connectivity index (χ4v) is 2.27. The molecule has 3 aromatic rings. The van der Waals surface area contributed by atoms with Crippen molar-refractivity contribution in [3.8, 4) is 11.3 Å². The highest BCUT2D eigenvalue weighted by molar-refractivity contribution is 5.88. The minimum absolute atomic E-state index is 0.123. The maximum Gasteiger partial charge on any atom is 0.416 e. The van der Waals surface area contributed by atoms with E-state index in [1.54, 1.807) is 6.92 Å². The fourth-order valence-electron chi connectivity index (χ4n) is 2.27. The maximum atomic E-state index is 12.8. The number of carbonyl (C=O) groups is 1. The van der Waals surface area contributed by atoms with Crippen LogP contribution in [-0.4, -0.2) is 27.3 Å². The van der Waals surface area contributed by atoms with E-state index in [0.29, 0.717) is 0 Å². The van der Waals surface area contributed by atoms with Crippen LogP contribution in [0, 0.1) is 0 Å². The molecule has 6 nitrogen and oxygen atoms in total. The van der Waals surface area contributed by atoms with Crippen molar-refractivity contribution < 1.29 is 27.1 Å². The van der Waals surface area contributed by atoms with E-state index in [0.717, 1.165) is 12.1 Å². The zero-order valence-corrected chi connectivity index (χ0v) is 13.7.